The van der Waals surface area contributed by atoms with E-state index in [2.05, 4.69) is 0 Å². The zero-order valence-electron chi connectivity index (χ0n) is 10.3. The fraction of sp³-hybridized carbons (Fsp3) is 0.231. The Bertz CT molecular complexity index is 610. The number of cyclic esters (lactones) is 1. The zero-order valence-corrected chi connectivity index (χ0v) is 12.6. The average molecular weight is 336 g/mol. The van der Waals surface area contributed by atoms with Gasteiger partial charge in [-0.2, -0.15) is 0 Å². The van der Waals surface area contributed by atoms with Gasteiger partial charge in [-0.3, -0.25) is 4.79 Å². The SMILES string of the molecule is COc1cc(C(=O)CC2OC(=O)C(Cl)=C2Cl)ccc1Cl. The molecule has 1 aliphatic rings. The molecule has 0 aliphatic carbocycles. The summed E-state index contributed by atoms with van der Waals surface area (Å²) in [5.74, 6) is -0.592. The van der Waals surface area contributed by atoms with Crippen molar-refractivity contribution in [3.63, 3.8) is 0 Å². The summed E-state index contributed by atoms with van der Waals surface area (Å²) in [5.41, 5.74) is 0.384. The number of halogens is 3. The van der Waals surface area contributed by atoms with Crippen molar-refractivity contribution in [2.75, 3.05) is 7.11 Å². The molecule has 1 aromatic rings. The third-order valence-electron chi connectivity index (χ3n) is 2.76. The molecule has 106 valence electrons. The Morgan fingerprint density at radius 2 is 2.05 bits per heavy atom. The van der Waals surface area contributed by atoms with Gasteiger partial charge in [0.1, 0.15) is 16.9 Å². The Morgan fingerprint density at radius 1 is 1.35 bits per heavy atom. The maximum absolute atomic E-state index is 12.1. The number of benzene rings is 1. The molecule has 0 aromatic heterocycles. The molecule has 1 unspecified atom stereocenters. The van der Waals surface area contributed by atoms with Gasteiger partial charge in [0.2, 0.25) is 0 Å². The average Bonchev–Trinajstić information content (AvgIpc) is 2.66. The number of hydrogen-bond acceptors (Lipinski definition) is 4. The van der Waals surface area contributed by atoms with Crippen LogP contribution in [0.1, 0.15) is 16.8 Å². The molecule has 0 saturated heterocycles. The number of rotatable bonds is 4. The van der Waals surface area contributed by atoms with Gasteiger partial charge in [0.25, 0.3) is 0 Å². The minimum absolute atomic E-state index is 0.0472. The van der Waals surface area contributed by atoms with Gasteiger partial charge in [-0.15, -0.1) is 0 Å². The molecule has 0 fully saturated rings. The van der Waals surface area contributed by atoms with Crippen molar-refractivity contribution in [3.8, 4) is 5.75 Å². The first kappa shape index (κ1) is 15.2. The van der Waals surface area contributed by atoms with Crippen molar-refractivity contribution >= 4 is 46.6 Å². The molecule has 20 heavy (non-hydrogen) atoms. The van der Waals surface area contributed by atoms with Crippen LogP contribution in [0.5, 0.6) is 5.75 Å². The van der Waals surface area contributed by atoms with E-state index in [0.29, 0.717) is 16.3 Å². The summed E-state index contributed by atoms with van der Waals surface area (Å²) in [4.78, 5) is 23.3. The first-order valence-electron chi connectivity index (χ1n) is 5.57. The quantitative estimate of drug-likeness (QED) is 0.624. The van der Waals surface area contributed by atoms with Crippen LogP contribution in [0.2, 0.25) is 5.02 Å². The molecule has 1 heterocycles. The molecule has 0 spiro atoms. The Labute approximate surface area is 130 Å². The first-order valence-corrected chi connectivity index (χ1v) is 6.70. The van der Waals surface area contributed by atoms with E-state index >= 15 is 0 Å². The number of ketones is 1. The molecule has 0 radical (unpaired) electrons. The second-order valence-electron chi connectivity index (χ2n) is 4.03. The molecular weight excluding hydrogens is 326 g/mol. The van der Waals surface area contributed by atoms with Gasteiger partial charge < -0.3 is 9.47 Å². The van der Waals surface area contributed by atoms with Crippen molar-refractivity contribution in [1.82, 2.24) is 0 Å². The molecule has 0 saturated carbocycles. The van der Waals surface area contributed by atoms with E-state index in [-0.39, 0.29) is 22.3 Å². The third kappa shape index (κ3) is 2.92. The molecule has 1 atom stereocenters. The third-order valence-corrected chi connectivity index (χ3v) is 3.96. The summed E-state index contributed by atoms with van der Waals surface area (Å²) in [6, 6.07) is 4.63. The van der Waals surface area contributed by atoms with Crippen LogP contribution < -0.4 is 4.74 Å². The maximum Gasteiger partial charge on any atom is 0.351 e. The van der Waals surface area contributed by atoms with Crippen molar-refractivity contribution in [2.45, 2.75) is 12.5 Å². The molecule has 1 aromatic carbocycles. The zero-order chi connectivity index (χ0) is 14.9. The van der Waals surface area contributed by atoms with Gasteiger partial charge in [0.15, 0.2) is 5.78 Å². The van der Waals surface area contributed by atoms with Crippen LogP contribution in [0, 0.1) is 0 Å². The van der Waals surface area contributed by atoms with Gasteiger partial charge in [0, 0.05) is 5.56 Å². The largest absolute Gasteiger partial charge is 0.495 e. The van der Waals surface area contributed by atoms with Crippen LogP contribution in [0.15, 0.2) is 28.3 Å². The molecular formula is C13H9Cl3O4. The van der Waals surface area contributed by atoms with E-state index < -0.39 is 12.1 Å². The summed E-state index contributed by atoms with van der Waals surface area (Å²) in [6.07, 6.45) is -0.934. The number of Topliss-reactive ketones (excluding diaryl/α,β-unsaturated/α-hetero) is 1. The molecule has 0 N–H and O–H groups in total. The summed E-state index contributed by atoms with van der Waals surface area (Å²) in [5, 5.41) is 0.265. The second kappa shape index (κ2) is 6.04. The molecule has 7 heteroatoms. The van der Waals surface area contributed by atoms with E-state index in [4.69, 9.17) is 44.3 Å². The monoisotopic (exact) mass is 334 g/mol. The van der Waals surface area contributed by atoms with Gasteiger partial charge in [-0.1, -0.05) is 34.8 Å². The Morgan fingerprint density at radius 3 is 2.60 bits per heavy atom. The summed E-state index contributed by atoms with van der Waals surface area (Å²) < 4.78 is 9.94. The Kier molecular flexibility index (Phi) is 4.58. The van der Waals surface area contributed by atoms with E-state index in [1.165, 1.54) is 13.2 Å². The highest BCUT2D eigenvalue weighted by Crippen LogP contribution is 2.32. The topological polar surface area (TPSA) is 52.6 Å². The van der Waals surface area contributed by atoms with Gasteiger partial charge in [-0.25, -0.2) is 4.79 Å². The standard InChI is InChI=1S/C13H9Cl3O4/c1-19-9-4-6(2-3-7(9)14)8(17)5-10-11(15)12(16)13(18)20-10/h2-4,10H,5H2,1H3. The maximum atomic E-state index is 12.1. The molecule has 4 nitrogen and oxygen atoms in total. The van der Waals surface area contributed by atoms with E-state index in [0.717, 1.165) is 0 Å². The first-order chi connectivity index (χ1) is 9.43. The summed E-state index contributed by atoms with van der Waals surface area (Å²) in [7, 11) is 1.45. The predicted molar refractivity (Wildman–Crippen MR) is 75.6 cm³/mol. The van der Waals surface area contributed by atoms with Gasteiger partial charge >= 0.3 is 5.97 Å². The lowest BCUT2D eigenvalue weighted by atomic mass is 10.0. The number of esters is 1. The molecule has 1 aliphatic heterocycles. The normalized spacial score (nSPS) is 18.2. The van der Waals surface area contributed by atoms with Gasteiger partial charge in [-0.05, 0) is 18.2 Å². The summed E-state index contributed by atoms with van der Waals surface area (Å²) in [6.45, 7) is 0. The molecule has 2 rings (SSSR count). The van der Waals surface area contributed by atoms with Crippen LogP contribution in [-0.2, 0) is 9.53 Å². The lowest BCUT2D eigenvalue weighted by Crippen LogP contribution is -2.15. The summed E-state index contributed by atoms with van der Waals surface area (Å²) >= 11 is 17.4. The number of hydrogen-bond donors (Lipinski definition) is 0. The fourth-order valence-corrected chi connectivity index (χ4v) is 2.28. The lowest BCUT2D eigenvalue weighted by Gasteiger charge is -2.10. The van der Waals surface area contributed by atoms with Crippen LogP contribution >= 0.6 is 34.8 Å². The van der Waals surface area contributed by atoms with Gasteiger partial charge in [0.05, 0.1) is 23.6 Å². The number of methoxy groups -OCH3 is 1. The highest BCUT2D eigenvalue weighted by molar-refractivity contribution is 6.48. The Balaban J connectivity index is 2.16. The van der Waals surface area contributed by atoms with Crippen molar-refractivity contribution in [3.05, 3.63) is 38.8 Å². The van der Waals surface area contributed by atoms with Crippen molar-refractivity contribution < 1.29 is 19.1 Å². The van der Waals surface area contributed by atoms with Crippen LogP contribution in [0.3, 0.4) is 0 Å². The predicted octanol–water partition coefficient (Wildman–Crippen LogP) is 3.54. The lowest BCUT2D eigenvalue weighted by molar-refractivity contribution is -0.138. The fourth-order valence-electron chi connectivity index (χ4n) is 1.72. The molecule has 0 amide bonds. The molecule has 0 bridgehead atoms. The van der Waals surface area contributed by atoms with Crippen LogP contribution in [0.25, 0.3) is 0 Å². The van der Waals surface area contributed by atoms with E-state index in [9.17, 15) is 9.59 Å². The van der Waals surface area contributed by atoms with E-state index in [1.807, 2.05) is 0 Å². The van der Waals surface area contributed by atoms with Crippen LogP contribution in [0.4, 0.5) is 0 Å². The van der Waals surface area contributed by atoms with Crippen molar-refractivity contribution in [2.24, 2.45) is 0 Å². The number of ether oxygens (including phenoxy) is 2. The highest BCUT2D eigenvalue weighted by atomic mass is 35.5. The second-order valence-corrected chi connectivity index (χ2v) is 5.22. The number of carbonyl (C=O) groups excluding carboxylic acids is 2. The van der Waals surface area contributed by atoms with Crippen molar-refractivity contribution in [1.29, 1.82) is 0 Å². The Hall–Kier alpha value is -1.23. The van der Waals surface area contributed by atoms with E-state index in [1.54, 1.807) is 12.1 Å². The highest BCUT2D eigenvalue weighted by Gasteiger charge is 2.33. The minimum Gasteiger partial charge on any atom is -0.495 e. The number of carbonyl (C=O) groups is 2. The smallest absolute Gasteiger partial charge is 0.351 e. The minimum atomic E-state index is -0.842. The van der Waals surface area contributed by atoms with Crippen LogP contribution in [-0.4, -0.2) is 25.0 Å².